The third kappa shape index (κ3) is 3.95. The number of aromatic nitrogens is 3. The number of aliphatic imine (C=N–C) groups is 1. The average Bonchev–Trinajstić information content (AvgIpc) is 3.22. The van der Waals surface area contributed by atoms with Gasteiger partial charge in [0.05, 0.1) is 18.8 Å². The predicted molar refractivity (Wildman–Crippen MR) is 125 cm³/mol. The zero-order valence-electron chi connectivity index (χ0n) is 18.2. The van der Waals surface area contributed by atoms with Crippen molar-refractivity contribution < 1.29 is 4.79 Å². The summed E-state index contributed by atoms with van der Waals surface area (Å²) in [6.45, 7) is 4.06. The van der Waals surface area contributed by atoms with Gasteiger partial charge in [-0.1, -0.05) is 30.3 Å². The highest BCUT2D eigenvalue weighted by atomic mass is 16.2. The van der Waals surface area contributed by atoms with Gasteiger partial charge in [-0.25, -0.2) is 9.97 Å². The number of nitrogens with zero attached hydrogens (tertiary/aromatic N) is 5. The molecule has 164 valence electrons. The van der Waals surface area contributed by atoms with Gasteiger partial charge >= 0.3 is 0 Å². The number of rotatable bonds is 4. The van der Waals surface area contributed by atoms with Crippen molar-refractivity contribution in [1.82, 2.24) is 19.4 Å². The van der Waals surface area contributed by atoms with Crippen LogP contribution in [0.3, 0.4) is 0 Å². The number of anilines is 2. The molecule has 2 aromatic heterocycles. The smallest absolute Gasteiger partial charge is 0.242 e. The van der Waals surface area contributed by atoms with Gasteiger partial charge in [0.2, 0.25) is 5.91 Å². The zero-order valence-corrected chi connectivity index (χ0v) is 18.2. The Labute approximate surface area is 187 Å². The number of likely N-dealkylation sites (tertiary alicyclic amines) is 1. The minimum absolute atomic E-state index is 0.0892. The lowest BCUT2D eigenvalue weighted by Gasteiger charge is -2.47. The topological polar surface area (TPSA) is 87.4 Å². The van der Waals surface area contributed by atoms with E-state index in [2.05, 4.69) is 32.7 Å². The van der Waals surface area contributed by atoms with Crippen molar-refractivity contribution in [3.8, 4) is 0 Å². The number of pyridine rings is 1. The van der Waals surface area contributed by atoms with Gasteiger partial charge in [-0.15, -0.1) is 0 Å². The van der Waals surface area contributed by atoms with E-state index in [0.29, 0.717) is 19.6 Å². The molecule has 0 unspecified atom stereocenters. The van der Waals surface area contributed by atoms with E-state index in [-0.39, 0.29) is 5.91 Å². The lowest BCUT2D eigenvalue weighted by molar-refractivity contribution is -0.133. The molecule has 1 spiro atoms. The minimum atomic E-state index is -0.470. The van der Waals surface area contributed by atoms with Gasteiger partial charge in [-0.2, -0.15) is 0 Å². The van der Waals surface area contributed by atoms with Gasteiger partial charge in [0, 0.05) is 25.1 Å². The van der Waals surface area contributed by atoms with Gasteiger partial charge in [0.25, 0.3) is 0 Å². The summed E-state index contributed by atoms with van der Waals surface area (Å²) in [6.07, 6.45) is 7.12. The Kier molecular flexibility index (Phi) is 5.34. The summed E-state index contributed by atoms with van der Waals surface area (Å²) in [6, 6.07) is 14.1. The number of imidazole rings is 1. The lowest BCUT2D eigenvalue weighted by Crippen LogP contribution is -2.63. The number of amidine groups is 1. The average molecular weight is 430 g/mol. The first-order chi connectivity index (χ1) is 15.6. The van der Waals surface area contributed by atoms with Crippen molar-refractivity contribution in [2.45, 2.75) is 38.4 Å². The molecule has 0 saturated carbocycles. The van der Waals surface area contributed by atoms with Crippen LogP contribution in [0.15, 0.2) is 66.0 Å². The number of benzene rings is 1. The number of amides is 1. The second kappa shape index (κ2) is 8.45. The molecule has 3 aromatic rings. The maximum atomic E-state index is 13.2. The standard InChI is InChI=1S/C24H27N7O/c1-18-25-12-14-30(18)16-21(32)31-13-6-10-24(17-31)23(27-15-19-7-3-2-4-8-19)28-22-20(29-24)9-5-11-26-22/h2-5,7-9,11-12,14,29H,6,10,13,15-17H2,1H3,(H,26,27,28)/t24-/m1/s1. The van der Waals surface area contributed by atoms with Crippen LogP contribution < -0.4 is 10.6 Å². The molecule has 2 aliphatic heterocycles. The normalized spacial score (nSPS) is 21.2. The Morgan fingerprint density at radius 3 is 2.84 bits per heavy atom. The number of carbonyl (C=O) groups is 1. The number of hydrogen-bond acceptors (Lipinski definition) is 5. The molecule has 5 rings (SSSR count). The number of piperidine rings is 1. The molecule has 32 heavy (non-hydrogen) atoms. The molecule has 0 aliphatic carbocycles. The molecule has 1 fully saturated rings. The van der Waals surface area contributed by atoms with Crippen LogP contribution in [0.2, 0.25) is 0 Å². The predicted octanol–water partition coefficient (Wildman–Crippen LogP) is 3.08. The minimum Gasteiger partial charge on any atom is -0.368 e. The van der Waals surface area contributed by atoms with Gasteiger partial charge in [-0.05, 0) is 37.5 Å². The number of hydrogen-bond donors (Lipinski definition) is 2. The van der Waals surface area contributed by atoms with Gasteiger partial charge in [0.15, 0.2) is 5.82 Å². The van der Waals surface area contributed by atoms with Crippen LogP contribution in [0.25, 0.3) is 0 Å². The van der Waals surface area contributed by atoms with Gasteiger partial charge in [-0.3, -0.25) is 9.79 Å². The van der Waals surface area contributed by atoms with Crippen LogP contribution >= 0.6 is 0 Å². The van der Waals surface area contributed by atoms with E-state index in [1.807, 2.05) is 52.9 Å². The Hall–Kier alpha value is -3.68. The molecule has 1 saturated heterocycles. The quantitative estimate of drug-likeness (QED) is 0.666. The Morgan fingerprint density at radius 2 is 2.03 bits per heavy atom. The molecular formula is C24H27N7O. The first kappa shape index (κ1) is 20.2. The number of carbonyl (C=O) groups excluding carboxylic acids is 1. The monoisotopic (exact) mass is 429 g/mol. The zero-order chi connectivity index (χ0) is 22.0. The van der Waals surface area contributed by atoms with Crippen molar-refractivity contribution in [3.63, 3.8) is 0 Å². The molecule has 2 aliphatic rings. The Morgan fingerprint density at radius 1 is 1.16 bits per heavy atom. The highest BCUT2D eigenvalue weighted by molar-refractivity contribution is 6.09. The molecule has 1 aromatic carbocycles. The highest BCUT2D eigenvalue weighted by Crippen LogP contribution is 2.35. The number of fused-ring (bicyclic) bond motifs is 1. The highest BCUT2D eigenvalue weighted by Gasteiger charge is 2.44. The second-order valence-electron chi connectivity index (χ2n) is 8.40. The van der Waals surface area contributed by atoms with Crippen LogP contribution in [-0.2, 0) is 17.9 Å². The molecule has 4 heterocycles. The van der Waals surface area contributed by atoms with Gasteiger partial charge in [0.1, 0.15) is 23.7 Å². The van der Waals surface area contributed by atoms with Crippen molar-refractivity contribution in [1.29, 1.82) is 0 Å². The molecule has 8 heteroatoms. The summed E-state index contributed by atoms with van der Waals surface area (Å²) in [5.74, 6) is 2.53. The molecule has 2 N–H and O–H groups in total. The number of aryl methyl sites for hydroxylation is 1. The first-order valence-electron chi connectivity index (χ1n) is 11.0. The van der Waals surface area contributed by atoms with Crippen LogP contribution in [0.4, 0.5) is 11.5 Å². The fourth-order valence-corrected chi connectivity index (χ4v) is 4.48. The van der Waals surface area contributed by atoms with Crippen molar-refractivity contribution >= 4 is 23.2 Å². The van der Waals surface area contributed by atoms with E-state index in [9.17, 15) is 4.79 Å². The van der Waals surface area contributed by atoms with Crippen LogP contribution in [-0.4, -0.2) is 49.8 Å². The van der Waals surface area contributed by atoms with E-state index in [0.717, 1.165) is 48.1 Å². The summed E-state index contributed by atoms with van der Waals surface area (Å²) >= 11 is 0. The molecule has 0 radical (unpaired) electrons. The summed E-state index contributed by atoms with van der Waals surface area (Å²) in [5, 5.41) is 7.15. The molecule has 1 atom stereocenters. The summed E-state index contributed by atoms with van der Waals surface area (Å²) in [4.78, 5) is 28.8. The lowest BCUT2D eigenvalue weighted by atomic mass is 9.85. The first-order valence-corrected chi connectivity index (χ1v) is 11.0. The third-order valence-corrected chi connectivity index (χ3v) is 6.21. The van der Waals surface area contributed by atoms with E-state index in [1.54, 1.807) is 12.4 Å². The van der Waals surface area contributed by atoms with E-state index < -0.39 is 5.54 Å². The SMILES string of the molecule is Cc1nccn1CC(=O)N1CCC[C@]2(C1)Nc1cccnc1NC2=NCc1ccccc1. The van der Waals surface area contributed by atoms with E-state index in [4.69, 9.17) is 4.99 Å². The summed E-state index contributed by atoms with van der Waals surface area (Å²) < 4.78 is 1.89. The van der Waals surface area contributed by atoms with Crippen molar-refractivity contribution in [2.24, 2.45) is 4.99 Å². The van der Waals surface area contributed by atoms with Crippen molar-refractivity contribution in [3.05, 3.63) is 72.4 Å². The molecule has 1 amide bonds. The maximum absolute atomic E-state index is 13.2. The Bertz CT molecular complexity index is 1140. The summed E-state index contributed by atoms with van der Waals surface area (Å²) in [7, 11) is 0. The second-order valence-corrected chi connectivity index (χ2v) is 8.40. The van der Waals surface area contributed by atoms with Crippen LogP contribution in [0, 0.1) is 6.92 Å². The van der Waals surface area contributed by atoms with E-state index >= 15 is 0 Å². The molecule has 8 nitrogen and oxygen atoms in total. The van der Waals surface area contributed by atoms with Crippen LogP contribution in [0.5, 0.6) is 0 Å². The van der Waals surface area contributed by atoms with Gasteiger partial charge < -0.3 is 20.1 Å². The van der Waals surface area contributed by atoms with Crippen LogP contribution in [0.1, 0.15) is 24.2 Å². The Balaban J connectivity index is 1.43. The van der Waals surface area contributed by atoms with E-state index in [1.165, 1.54) is 0 Å². The van der Waals surface area contributed by atoms with Crippen molar-refractivity contribution in [2.75, 3.05) is 23.7 Å². The fraction of sp³-hybridized carbons (Fsp3) is 0.333. The fourth-order valence-electron chi connectivity index (χ4n) is 4.48. The largest absolute Gasteiger partial charge is 0.368 e. The molecule has 0 bridgehead atoms. The summed E-state index contributed by atoms with van der Waals surface area (Å²) in [5.41, 5.74) is 1.61. The number of nitrogens with one attached hydrogen (secondary N) is 2. The molecular weight excluding hydrogens is 402 g/mol. The maximum Gasteiger partial charge on any atom is 0.242 e. The third-order valence-electron chi connectivity index (χ3n) is 6.21.